The third-order valence-electron chi connectivity index (χ3n) is 4.97. The predicted molar refractivity (Wildman–Crippen MR) is 115 cm³/mol. The average molecular weight is 412 g/mol. The van der Waals surface area contributed by atoms with Crippen molar-refractivity contribution in [3.63, 3.8) is 0 Å². The molecule has 0 radical (unpaired) electrons. The molecule has 0 unspecified atom stereocenters. The van der Waals surface area contributed by atoms with Crippen LogP contribution in [0.4, 0.5) is 0 Å². The number of fused-ring (bicyclic) bond motifs is 1. The molecule has 5 rings (SSSR count). The Hall–Kier alpha value is -4.13. The maximum atomic E-state index is 13.1. The van der Waals surface area contributed by atoms with Crippen LogP contribution in [0, 0.1) is 0 Å². The van der Waals surface area contributed by atoms with E-state index < -0.39 is 0 Å². The molecule has 1 N–H and O–H groups in total. The van der Waals surface area contributed by atoms with Gasteiger partial charge in [-0.3, -0.25) is 9.78 Å². The lowest BCUT2D eigenvalue weighted by Crippen LogP contribution is -2.23. The summed E-state index contributed by atoms with van der Waals surface area (Å²) in [6.07, 6.45) is 5.14. The van der Waals surface area contributed by atoms with Gasteiger partial charge >= 0.3 is 0 Å². The van der Waals surface area contributed by atoms with Gasteiger partial charge < -0.3 is 14.8 Å². The molecule has 3 heterocycles. The van der Waals surface area contributed by atoms with E-state index in [4.69, 9.17) is 9.47 Å². The number of para-hydroxylation sites is 1. The minimum Gasteiger partial charge on any atom is -0.486 e. The lowest BCUT2D eigenvalue weighted by molar-refractivity contribution is 0.0951. The number of nitrogens with zero attached hydrogens (tertiary/aromatic N) is 3. The molecule has 0 aliphatic carbocycles. The minimum atomic E-state index is -0.212. The van der Waals surface area contributed by atoms with Crippen molar-refractivity contribution in [1.82, 2.24) is 20.1 Å². The van der Waals surface area contributed by atoms with Crippen molar-refractivity contribution in [2.75, 3.05) is 13.2 Å². The van der Waals surface area contributed by atoms with Crippen LogP contribution in [0.2, 0.25) is 0 Å². The molecule has 1 aliphatic rings. The molecule has 1 amide bonds. The molecule has 0 spiro atoms. The van der Waals surface area contributed by atoms with Crippen LogP contribution in [0.3, 0.4) is 0 Å². The zero-order chi connectivity index (χ0) is 21.0. The minimum absolute atomic E-state index is 0.212. The molecule has 31 heavy (non-hydrogen) atoms. The number of nitrogens with one attached hydrogen (secondary N) is 1. The largest absolute Gasteiger partial charge is 0.486 e. The van der Waals surface area contributed by atoms with Crippen molar-refractivity contribution in [3.8, 4) is 28.4 Å². The van der Waals surface area contributed by atoms with E-state index >= 15 is 0 Å². The molecule has 0 atom stereocenters. The van der Waals surface area contributed by atoms with Gasteiger partial charge in [-0.1, -0.05) is 24.3 Å². The van der Waals surface area contributed by atoms with E-state index in [0.29, 0.717) is 36.8 Å². The predicted octanol–water partition coefficient (Wildman–Crippen LogP) is 3.64. The first-order valence-electron chi connectivity index (χ1n) is 10.0. The van der Waals surface area contributed by atoms with Gasteiger partial charge in [0, 0.05) is 30.7 Å². The van der Waals surface area contributed by atoms with Crippen molar-refractivity contribution >= 4 is 5.91 Å². The van der Waals surface area contributed by atoms with Crippen LogP contribution >= 0.6 is 0 Å². The molecule has 2 aromatic carbocycles. The zero-order valence-electron chi connectivity index (χ0n) is 16.7. The summed E-state index contributed by atoms with van der Waals surface area (Å²) in [5.74, 6) is 1.21. The summed E-state index contributed by atoms with van der Waals surface area (Å²) >= 11 is 0. The Morgan fingerprint density at radius 3 is 2.65 bits per heavy atom. The van der Waals surface area contributed by atoms with Crippen molar-refractivity contribution in [3.05, 3.63) is 90.4 Å². The molecule has 7 nitrogen and oxygen atoms in total. The summed E-state index contributed by atoms with van der Waals surface area (Å²) in [6, 6.07) is 19.1. The number of pyridine rings is 1. The fourth-order valence-electron chi connectivity index (χ4n) is 3.44. The molecule has 4 aromatic rings. The second-order valence-electron chi connectivity index (χ2n) is 7.07. The molecular formula is C24H20N4O3. The molecule has 1 aliphatic heterocycles. The maximum absolute atomic E-state index is 13.1. The Labute approximate surface area is 179 Å². The van der Waals surface area contributed by atoms with Crippen molar-refractivity contribution in [1.29, 1.82) is 0 Å². The van der Waals surface area contributed by atoms with Crippen LogP contribution in [0.5, 0.6) is 11.5 Å². The first kappa shape index (κ1) is 18.9. The number of carbonyl (C=O) groups is 1. The maximum Gasteiger partial charge on any atom is 0.255 e. The van der Waals surface area contributed by atoms with E-state index in [-0.39, 0.29) is 5.91 Å². The molecule has 0 fully saturated rings. The van der Waals surface area contributed by atoms with Gasteiger partial charge in [-0.2, -0.15) is 5.10 Å². The zero-order valence-corrected chi connectivity index (χ0v) is 16.7. The Morgan fingerprint density at radius 2 is 1.84 bits per heavy atom. The number of benzene rings is 2. The monoisotopic (exact) mass is 412 g/mol. The Morgan fingerprint density at radius 1 is 1.00 bits per heavy atom. The Balaban J connectivity index is 1.42. The van der Waals surface area contributed by atoms with E-state index in [2.05, 4.69) is 15.4 Å². The van der Waals surface area contributed by atoms with Crippen molar-refractivity contribution in [2.45, 2.75) is 6.54 Å². The molecule has 2 aromatic heterocycles. The highest BCUT2D eigenvalue weighted by Gasteiger charge is 2.19. The summed E-state index contributed by atoms with van der Waals surface area (Å²) in [5.41, 5.74) is 3.64. The van der Waals surface area contributed by atoms with Gasteiger partial charge in [0.1, 0.15) is 18.9 Å². The average Bonchev–Trinajstić information content (AvgIpc) is 3.29. The Kier molecular flexibility index (Phi) is 5.06. The van der Waals surface area contributed by atoms with Crippen LogP contribution in [0.1, 0.15) is 15.9 Å². The summed E-state index contributed by atoms with van der Waals surface area (Å²) in [7, 11) is 0. The third-order valence-corrected chi connectivity index (χ3v) is 4.97. The normalized spacial score (nSPS) is 12.4. The molecule has 7 heteroatoms. The van der Waals surface area contributed by atoms with E-state index in [0.717, 1.165) is 22.6 Å². The summed E-state index contributed by atoms with van der Waals surface area (Å²) < 4.78 is 12.9. The van der Waals surface area contributed by atoms with Gasteiger partial charge in [0.25, 0.3) is 5.91 Å². The highest BCUT2D eigenvalue weighted by molar-refractivity contribution is 5.99. The van der Waals surface area contributed by atoms with Gasteiger partial charge in [0.15, 0.2) is 11.5 Å². The molecule has 0 saturated carbocycles. The molecule has 154 valence electrons. The van der Waals surface area contributed by atoms with Gasteiger partial charge in [-0.25, -0.2) is 4.68 Å². The highest BCUT2D eigenvalue weighted by Crippen LogP contribution is 2.30. The topological polar surface area (TPSA) is 78.3 Å². The smallest absolute Gasteiger partial charge is 0.255 e. The fraction of sp³-hybridized carbons (Fsp3) is 0.125. The number of hydrogen-bond donors (Lipinski definition) is 1. The van der Waals surface area contributed by atoms with Crippen LogP contribution in [-0.4, -0.2) is 33.9 Å². The first-order chi connectivity index (χ1) is 15.3. The summed E-state index contributed by atoms with van der Waals surface area (Å²) in [4.78, 5) is 17.3. The third kappa shape index (κ3) is 3.98. The summed E-state index contributed by atoms with van der Waals surface area (Å²) in [6.45, 7) is 1.43. The van der Waals surface area contributed by atoms with Gasteiger partial charge in [-0.05, 0) is 42.0 Å². The highest BCUT2D eigenvalue weighted by atomic mass is 16.6. The van der Waals surface area contributed by atoms with Crippen molar-refractivity contribution in [2.24, 2.45) is 0 Å². The first-order valence-corrected chi connectivity index (χ1v) is 10.0. The van der Waals surface area contributed by atoms with E-state index in [9.17, 15) is 4.79 Å². The quantitative estimate of drug-likeness (QED) is 0.542. The van der Waals surface area contributed by atoms with Crippen molar-refractivity contribution < 1.29 is 14.3 Å². The second kappa shape index (κ2) is 8.31. The van der Waals surface area contributed by atoms with Gasteiger partial charge in [0.2, 0.25) is 0 Å². The van der Waals surface area contributed by atoms with Crippen LogP contribution in [-0.2, 0) is 6.54 Å². The van der Waals surface area contributed by atoms with Crippen LogP contribution in [0.25, 0.3) is 16.9 Å². The second-order valence-corrected chi connectivity index (χ2v) is 7.07. The standard InChI is InChI=1S/C24H20N4O3/c29-24(26-14-17-8-9-21-22(13-17)31-12-11-30-21)20-16-28(19-6-2-1-3-7-19)27-23(20)18-5-4-10-25-15-18/h1-10,13,15-16H,11-12,14H2,(H,26,29). The summed E-state index contributed by atoms with van der Waals surface area (Å²) in [5, 5.41) is 7.65. The number of amides is 1. The van der Waals surface area contributed by atoms with Gasteiger partial charge in [-0.15, -0.1) is 0 Å². The SMILES string of the molecule is O=C(NCc1ccc2c(c1)OCCO2)c1cn(-c2ccccc2)nc1-c1cccnc1. The Bertz CT molecular complexity index is 1210. The number of hydrogen-bond acceptors (Lipinski definition) is 5. The van der Waals surface area contributed by atoms with E-state index in [1.54, 1.807) is 23.3 Å². The van der Waals surface area contributed by atoms with Crippen LogP contribution in [0.15, 0.2) is 79.3 Å². The van der Waals surface area contributed by atoms with Gasteiger partial charge in [0.05, 0.1) is 11.3 Å². The van der Waals surface area contributed by atoms with E-state index in [1.807, 2.05) is 60.7 Å². The number of carbonyl (C=O) groups excluding carboxylic acids is 1. The number of ether oxygens (including phenoxy) is 2. The molecule has 0 bridgehead atoms. The molecule has 0 saturated heterocycles. The fourth-order valence-corrected chi connectivity index (χ4v) is 3.44. The van der Waals surface area contributed by atoms with E-state index in [1.165, 1.54) is 0 Å². The number of rotatable bonds is 5. The lowest BCUT2D eigenvalue weighted by atomic mass is 10.1. The van der Waals surface area contributed by atoms with Crippen LogP contribution < -0.4 is 14.8 Å². The lowest BCUT2D eigenvalue weighted by Gasteiger charge is -2.19. The molecular weight excluding hydrogens is 392 g/mol. The number of aromatic nitrogens is 3.